The van der Waals surface area contributed by atoms with Crippen LogP contribution in [0.1, 0.15) is 6.92 Å². The molecule has 1 aromatic rings. The molecule has 0 fully saturated rings. The fourth-order valence-corrected chi connectivity index (χ4v) is 2.79. The molecule has 0 spiro atoms. The lowest BCUT2D eigenvalue weighted by molar-refractivity contribution is 0.270. The Balaban J connectivity index is 2.94. The number of nitrogens with two attached hydrogens (primary N) is 1. The van der Waals surface area contributed by atoms with E-state index in [4.69, 9.17) is 10.8 Å². The van der Waals surface area contributed by atoms with Crippen LogP contribution in [0.2, 0.25) is 0 Å². The third-order valence-corrected chi connectivity index (χ3v) is 4.00. The molecule has 0 saturated carbocycles. The number of hydrogen-bond donors (Lipinski definition) is 2. The van der Waals surface area contributed by atoms with E-state index in [1.165, 1.54) is 11.5 Å². The Labute approximate surface area is 92.3 Å². The van der Waals surface area contributed by atoms with E-state index in [0.717, 1.165) is 9.90 Å². The van der Waals surface area contributed by atoms with Crippen LogP contribution in [0.3, 0.4) is 0 Å². The zero-order valence-electron chi connectivity index (χ0n) is 8.52. The van der Waals surface area contributed by atoms with Crippen LogP contribution in [0.5, 0.6) is 0 Å². The lowest BCUT2D eigenvalue weighted by Crippen LogP contribution is -2.31. The second-order valence-corrected chi connectivity index (χ2v) is 4.62. The molecular formula is C8H15N3OS2. The van der Waals surface area contributed by atoms with Crippen molar-refractivity contribution in [3.05, 3.63) is 0 Å². The molecule has 80 valence electrons. The van der Waals surface area contributed by atoms with E-state index in [1.807, 2.05) is 25.1 Å². The molecule has 0 aliphatic heterocycles. The van der Waals surface area contributed by atoms with Gasteiger partial charge in [-0.3, -0.25) is 0 Å². The molecule has 6 heteroatoms. The lowest BCUT2D eigenvalue weighted by atomic mass is 10.3. The summed E-state index contributed by atoms with van der Waals surface area (Å²) in [5.74, 6) is 0.578. The molecule has 3 N–H and O–H groups in total. The van der Waals surface area contributed by atoms with Crippen LogP contribution in [0.4, 0.5) is 10.8 Å². The maximum absolute atomic E-state index is 9.04. The Kier molecular flexibility index (Phi) is 4.03. The molecule has 0 bridgehead atoms. The Morgan fingerprint density at radius 1 is 1.71 bits per heavy atom. The minimum absolute atomic E-state index is 0.0840. The van der Waals surface area contributed by atoms with Crippen LogP contribution in [0.25, 0.3) is 0 Å². The highest BCUT2D eigenvalue weighted by Crippen LogP contribution is 2.37. The summed E-state index contributed by atoms with van der Waals surface area (Å²) in [6.07, 6.45) is 1.97. The Morgan fingerprint density at radius 3 is 2.86 bits per heavy atom. The average Bonchev–Trinajstić information content (AvgIpc) is 2.57. The zero-order chi connectivity index (χ0) is 10.7. The maximum Gasteiger partial charge on any atom is 0.153 e. The number of anilines is 2. The molecule has 1 aromatic heterocycles. The van der Waals surface area contributed by atoms with Gasteiger partial charge in [0, 0.05) is 13.1 Å². The second kappa shape index (κ2) is 4.86. The SMILES string of the molecule is CSc1c(N)nsc1N(C)C(C)CO. The number of aliphatic hydroxyl groups is 1. The number of nitrogen functional groups attached to an aromatic ring is 1. The second-order valence-electron chi connectivity index (χ2n) is 3.05. The van der Waals surface area contributed by atoms with E-state index in [1.54, 1.807) is 11.8 Å². The largest absolute Gasteiger partial charge is 0.394 e. The van der Waals surface area contributed by atoms with E-state index in [2.05, 4.69) is 4.37 Å². The van der Waals surface area contributed by atoms with Gasteiger partial charge in [-0.25, -0.2) is 0 Å². The number of thioether (sulfide) groups is 1. The van der Waals surface area contributed by atoms with Gasteiger partial charge in [-0.2, -0.15) is 4.37 Å². The van der Waals surface area contributed by atoms with Crippen LogP contribution < -0.4 is 10.6 Å². The van der Waals surface area contributed by atoms with Crippen molar-refractivity contribution in [2.75, 3.05) is 30.5 Å². The van der Waals surface area contributed by atoms with Crippen molar-refractivity contribution in [3.8, 4) is 0 Å². The molecule has 0 saturated heterocycles. The van der Waals surface area contributed by atoms with Crippen molar-refractivity contribution in [1.82, 2.24) is 4.37 Å². The minimum atomic E-state index is 0.0840. The molecule has 1 atom stereocenters. The van der Waals surface area contributed by atoms with Gasteiger partial charge in [0.1, 0.15) is 5.00 Å². The van der Waals surface area contributed by atoms with E-state index in [0.29, 0.717) is 5.82 Å². The van der Waals surface area contributed by atoms with E-state index in [-0.39, 0.29) is 12.6 Å². The molecule has 0 radical (unpaired) electrons. The van der Waals surface area contributed by atoms with Gasteiger partial charge in [0.15, 0.2) is 5.82 Å². The van der Waals surface area contributed by atoms with E-state index < -0.39 is 0 Å². The monoisotopic (exact) mass is 233 g/mol. The number of aromatic nitrogens is 1. The highest BCUT2D eigenvalue weighted by atomic mass is 32.2. The topological polar surface area (TPSA) is 62.4 Å². The summed E-state index contributed by atoms with van der Waals surface area (Å²) in [6, 6.07) is 0.0840. The van der Waals surface area contributed by atoms with Gasteiger partial charge in [-0.1, -0.05) is 0 Å². The summed E-state index contributed by atoms with van der Waals surface area (Å²) in [7, 11) is 1.94. The predicted octanol–water partition coefficient (Wildman–Crippen LogP) is 1.26. The standard InChI is InChI=1S/C8H15N3OS2/c1-5(4-12)11(2)8-6(13-3)7(9)10-14-8/h5,12H,4H2,1-3H3,(H2,9,10). The van der Waals surface area contributed by atoms with Gasteiger partial charge in [0.2, 0.25) is 0 Å². The van der Waals surface area contributed by atoms with Crippen molar-refractivity contribution < 1.29 is 5.11 Å². The molecule has 0 aliphatic carbocycles. The maximum atomic E-state index is 9.04. The minimum Gasteiger partial charge on any atom is -0.394 e. The summed E-state index contributed by atoms with van der Waals surface area (Å²) in [5.41, 5.74) is 5.72. The van der Waals surface area contributed by atoms with Crippen LogP contribution in [0.15, 0.2) is 4.90 Å². The first-order valence-electron chi connectivity index (χ1n) is 4.24. The predicted molar refractivity (Wildman–Crippen MR) is 63.3 cm³/mol. The molecule has 1 heterocycles. The quantitative estimate of drug-likeness (QED) is 0.767. The normalized spacial score (nSPS) is 12.9. The van der Waals surface area contributed by atoms with Crippen LogP contribution in [-0.4, -0.2) is 35.4 Å². The molecule has 1 unspecified atom stereocenters. The first-order chi connectivity index (χ1) is 6.61. The third kappa shape index (κ3) is 2.13. The van der Waals surface area contributed by atoms with Crippen LogP contribution in [-0.2, 0) is 0 Å². The number of nitrogens with zero attached hydrogens (tertiary/aromatic N) is 2. The highest BCUT2D eigenvalue weighted by Gasteiger charge is 2.17. The summed E-state index contributed by atoms with van der Waals surface area (Å²) in [5, 5.41) is 10.1. The zero-order valence-corrected chi connectivity index (χ0v) is 10.2. The van der Waals surface area contributed by atoms with Crippen molar-refractivity contribution in [1.29, 1.82) is 0 Å². The van der Waals surface area contributed by atoms with Gasteiger partial charge in [0.05, 0.1) is 11.5 Å². The molecule has 0 aliphatic rings. The van der Waals surface area contributed by atoms with Crippen LogP contribution >= 0.6 is 23.3 Å². The molecule has 0 aromatic carbocycles. The average molecular weight is 233 g/mol. The van der Waals surface area contributed by atoms with Gasteiger partial charge in [-0.15, -0.1) is 11.8 Å². The molecule has 14 heavy (non-hydrogen) atoms. The van der Waals surface area contributed by atoms with Crippen molar-refractivity contribution in [2.45, 2.75) is 17.9 Å². The van der Waals surface area contributed by atoms with E-state index >= 15 is 0 Å². The number of hydrogen-bond acceptors (Lipinski definition) is 6. The third-order valence-electron chi connectivity index (χ3n) is 2.11. The fraction of sp³-hybridized carbons (Fsp3) is 0.625. The van der Waals surface area contributed by atoms with Crippen molar-refractivity contribution >= 4 is 34.1 Å². The number of rotatable bonds is 4. The summed E-state index contributed by atoms with van der Waals surface area (Å²) >= 11 is 2.96. The van der Waals surface area contributed by atoms with Gasteiger partial charge >= 0.3 is 0 Å². The summed E-state index contributed by atoms with van der Waals surface area (Å²) in [6.45, 7) is 2.09. The summed E-state index contributed by atoms with van der Waals surface area (Å²) < 4.78 is 4.10. The highest BCUT2D eigenvalue weighted by molar-refractivity contribution is 7.99. The molecule has 0 amide bonds. The Hall–Kier alpha value is -0.460. The van der Waals surface area contributed by atoms with Crippen LogP contribution in [0, 0.1) is 0 Å². The van der Waals surface area contributed by atoms with E-state index in [9.17, 15) is 0 Å². The first kappa shape index (κ1) is 11.6. The number of likely N-dealkylation sites (N-methyl/N-ethyl adjacent to an activating group) is 1. The van der Waals surface area contributed by atoms with Gasteiger partial charge in [-0.05, 0) is 24.7 Å². The molecule has 4 nitrogen and oxygen atoms in total. The first-order valence-corrected chi connectivity index (χ1v) is 6.24. The Bertz CT molecular complexity index is 303. The van der Waals surface area contributed by atoms with Crippen molar-refractivity contribution in [2.24, 2.45) is 0 Å². The molecule has 1 rings (SSSR count). The Morgan fingerprint density at radius 2 is 2.36 bits per heavy atom. The fourth-order valence-electron chi connectivity index (χ4n) is 1.02. The smallest absolute Gasteiger partial charge is 0.153 e. The van der Waals surface area contributed by atoms with Gasteiger partial charge in [0.25, 0.3) is 0 Å². The molecular weight excluding hydrogens is 218 g/mol. The van der Waals surface area contributed by atoms with Gasteiger partial charge < -0.3 is 15.7 Å². The summed E-state index contributed by atoms with van der Waals surface area (Å²) in [4.78, 5) is 3.00. The van der Waals surface area contributed by atoms with Crippen molar-refractivity contribution in [3.63, 3.8) is 0 Å². The number of aliphatic hydroxyl groups excluding tert-OH is 1. The lowest BCUT2D eigenvalue weighted by Gasteiger charge is -2.23.